The van der Waals surface area contributed by atoms with Crippen LogP contribution in [-0.2, 0) is 0 Å². The largest absolute Gasteiger partial charge is 0.345 e. The highest BCUT2D eigenvalue weighted by Crippen LogP contribution is 2.32. The average Bonchev–Trinajstić information content (AvgIpc) is 3.33. The van der Waals surface area contributed by atoms with Crippen molar-refractivity contribution >= 4 is 38.5 Å². The third-order valence-corrected chi connectivity index (χ3v) is 5.78. The van der Waals surface area contributed by atoms with E-state index in [1.54, 1.807) is 23.5 Å². The Morgan fingerprint density at radius 2 is 2.11 bits per heavy atom. The second kappa shape index (κ2) is 7.46. The molecule has 0 saturated carbocycles. The Hall–Kier alpha value is -2.77. The van der Waals surface area contributed by atoms with Gasteiger partial charge in [-0.25, -0.2) is 9.97 Å². The molecule has 138 valence electrons. The van der Waals surface area contributed by atoms with Gasteiger partial charge in [0.05, 0.1) is 27.8 Å². The number of thiazole rings is 1. The molecule has 0 bridgehead atoms. The van der Waals surface area contributed by atoms with E-state index in [9.17, 15) is 0 Å². The van der Waals surface area contributed by atoms with Crippen LogP contribution < -0.4 is 4.90 Å². The first-order valence-electron chi connectivity index (χ1n) is 8.91. The van der Waals surface area contributed by atoms with Gasteiger partial charge in [0.25, 0.3) is 0 Å². The van der Waals surface area contributed by atoms with Crippen molar-refractivity contribution in [3.05, 3.63) is 49.0 Å². The molecule has 3 aromatic rings. The highest BCUT2D eigenvalue weighted by Gasteiger charge is 2.17. The Balaban J connectivity index is 1.57. The molecule has 1 aromatic carbocycles. The molecule has 0 amide bonds. The fourth-order valence-corrected chi connectivity index (χ4v) is 4.07. The zero-order valence-corrected chi connectivity index (χ0v) is 16.1. The lowest BCUT2D eigenvalue weighted by atomic mass is 10.1. The van der Waals surface area contributed by atoms with Gasteiger partial charge < -0.3 is 20.2 Å². The van der Waals surface area contributed by atoms with Crippen LogP contribution in [0.2, 0.25) is 0 Å². The number of hydrogen-bond donors (Lipinski definition) is 2. The van der Waals surface area contributed by atoms with Crippen molar-refractivity contribution in [3.8, 4) is 11.3 Å². The van der Waals surface area contributed by atoms with Gasteiger partial charge in [-0.3, -0.25) is 0 Å². The minimum atomic E-state index is 0.357. The predicted molar refractivity (Wildman–Crippen MR) is 114 cm³/mol. The molecular weight excluding hydrogens is 356 g/mol. The number of piperazine rings is 1. The monoisotopic (exact) mass is 378 g/mol. The van der Waals surface area contributed by atoms with Crippen LogP contribution in [0.1, 0.15) is 5.82 Å². The third-order valence-electron chi connectivity index (χ3n) is 4.70. The van der Waals surface area contributed by atoms with E-state index in [0.29, 0.717) is 5.71 Å². The van der Waals surface area contributed by atoms with Crippen LogP contribution >= 0.6 is 11.3 Å². The molecular formula is C20H22N6S. The van der Waals surface area contributed by atoms with Crippen molar-refractivity contribution in [2.75, 3.05) is 38.1 Å². The van der Waals surface area contributed by atoms with Crippen molar-refractivity contribution in [2.24, 2.45) is 0 Å². The van der Waals surface area contributed by atoms with Crippen molar-refractivity contribution in [1.82, 2.24) is 19.9 Å². The van der Waals surface area contributed by atoms with Crippen LogP contribution in [0.25, 0.3) is 27.6 Å². The maximum Gasteiger partial charge on any atom is 0.186 e. The van der Waals surface area contributed by atoms with E-state index in [4.69, 9.17) is 10.4 Å². The van der Waals surface area contributed by atoms with Crippen LogP contribution in [0.3, 0.4) is 0 Å². The van der Waals surface area contributed by atoms with Gasteiger partial charge in [0.2, 0.25) is 0 Å². The first-order valence-corrected chi connectivity index (χ1v) is 9.72. The number of H-pyrrole nitrogens is 1. The summed E-state index contributed by atoms with van der Waals surface area (Å²) in [7, 11) is 2.16. The van der Waals surface area contributed by atoms with Crippen LogP contribution in [-0.4, -0.2) is 58.8 Å². The van der Waals surface area contributed by atoms with Crippen LogP contribution in [0.15, 0.2) is 43.1 Å². The summed E-state index contributed by atoms with van der Waals surface area (Å²) in [5, 5.41) is 8.69. The summed E-state index contributed by atoms with van der Waals surface area (Å²) in [6.45, 7) is 7.79. The molecule has 0 spiro atoms. The highest BCUT2D eigenvalue weighted by molar-refractivity contribution is 7.22. The number of anilines is 1. The molecule has 0 aliphatic carbocycles. The smallest absolute Gasteiger partial charge is 0.186 e. The van der Waals surface area contributed by atoms with E-state index in [1.165, 1.54) is 10.8 Å². The number of aromatic amines is 1. The second-order valence-electron chi connectivity index (χ2n) is 6.64. The number of likely N-dealkylation sites (N-methyl/N-ethyl adjacent to an activating group) is 1. The highest BCUT2D eigenvalue weighted by atomic mass is 32.1. The molecule has 1 aliphatic rings. The summed E-state index contributed by atoms with van der Waals surface area (Å²) in [5.41, 5.74) is 3.44. The molecule has 0 unspecified atom stereocenters. The third kappa shape index (κ3) is 3.84. The molecule has 6 nitrogen and oxygen atoms in total. The van der Waals surface area contributed by atoms with E-state index in [0.717, 1.165) is 53.9 Å². The molecule has 7 heteroatoms. The molecule has 0 atom stereocenters. The maximum atomic E-state index is 7.59. The van der Waals surface area contributed by atoms with Gasteiger partial charge in [0.15, 0.2) is 5.13 Å². The number of nitrogens with one attached hydrogen (secondary N) is 2. The lowest BCUT2D eigenvalue weighted by Gasteiger charge is -2.32. The van der Waals surface area contributed by atoms with E-state index in [1.807, 2.05) is 6.20 Å². The maximum absolute atomic E-state index is 7.59. The zero-order valence-electron chi connectivity index (χ0n) is 15.3. The van der Waals surface area contributed by atoms with Gasteiger partial charge in [-0.15, -0.1) is 0 Å². The molecule has 1 aliphatic heterocycles. The SMILES string of the molecule is C=CC(=N)/C=C\c1ncc(-c2ccc3nc(N4CCN(C)CC4)sc3c2)[nH]1. The molecule has 27 heavy (non-hydrogen) atoms. The summed E-state index contributed by atoms with van der Waals surface area (Å²) < 4.78 is 1.18. The molecule has 2 aromatic heterocycles. The predicted octanol–water partition coefficient (Wildman–Crippen LogP) is 3.66. The number of fused-ring (bicyclic) bond motifs is 1. The molecule has 1 fully saturated rings. The molecule has 1 saturated heterocycles. The molecule has 0 radical (unpaired) electrons. The second-order valence-corrected chi connectivity index (χ2v) is 7.65. The number of imidazole rings is 1. The summed E-state index contributed by atoms with van der Waals surface area (Å²) in [6, 6.07) is 6.31. The Morgan fingerprint density at radius 1 is 1.30 bits per heavy atom. The zero-order chi connectivity index (χ0) is 18.8. The van der Waals surface area contributed by atoms with Gasteiger partial charge in [-0.1, -0.05) is 24.0 Å². The number of nitrogens with zero attached hydrogens (tertiary/aromatic N) is 4. The molecule has 4 rings (SSSR count). The fourth-order valence-electron chi connectivity index (χ4n) is 3.02. The lowest BCUT2D eigenvalue weighted by Crippen LogP contribution is -2.44. The first-order chi connectivity index (χ1) is 13.1. The van der Waals surface area contributed by atoms with E-state index in [2.05, 4.69) is 51.6 Å². The summed E-state index contributed by atoms with van der Waals surface area (Å²) in [5.74, 6) is 0.721. The van der Waals surface area contributed by atoms with Gasteiger partial charge >= 0.3 is 0 Å². The number of rotatable bonds is 5. The minimum absolute atomic E-state index is 0.357. The standard InChI is InChI=1S/C20H22N6S/c1-3-15(21)5-7-19-22-13-17(23-19)14-4-6-16-18(12-14)27-20(24-16)26-10-8-25(2)9-11-26/h3-7,12-13,21H,1,8-11H2,2H3,(H,22,23)/b7-5-,21-15?. The van der Waals surface area contributed by atoms with Gasteiger partial charge in [0.1, 0.15) is 5.82 Å². The summed E-state index contributed by atoms with van der Waals surface area (Å²) in [4.78, 5) is 17.2. The van der Waals surface area contributed by atoms with E-state index in [-0.39, 0.29) is 0 Å². The first kappa shape index (κ1) is 17.6. The Kier molecular flexibility index (Phi) is 4.87. The normalized spacial score (nSPS) is 15.7. The van der Waals surface area contributed by atoms with Crippen LogP contribution in [0.4, 0.5) is 5.13 Å². The van der Waals surface area contributed by atoms with Crippen LogP contribution in [0.5, 0.6) is 0 Å². The molecule has 2 N–H and O–H groups in total. The number of benzene rings is 1. The van der Waals surface area contributed by atoms with Gasteiger partial charge in [0, 0.05) is 31.7 Å². The van der Waals surface area contributed by atoms with Gasteiger partial charge in [-0.2, -0.15) is 0 Å². The lowest BCUT2D eigenvalue weighted by molar-refractivity contribution is 0.313. The van der Waals surface area contributed by atoms with Gasteiger partial charge in [-0.05, 0) is 37.4 Å². The average molecular weight is 379 g/mol. The summed E-state index contributed by atoms with van der Waals surface area (Å²) >= 11 is 1.75. The Morgan fingerprint density at radius 3 is 2.89 bits per heavy atom. The molecule has 3 heterocycles. The minimum Gasteiger partial charge on any atom is -0.345 e. The quantitative estimate of drug-likeness (QED) is 0.665. The summed E-state index contributed by atoms with van der Waals surface area (Å²) in [6.07, 6.45) is 6.77. The van der Waals surface area contributed by atoms with E-state index < -0.39 is 0 Å². The Bertz CT molecular complexity index is 1010. The number of aromatic nitrogens is 3. The van der Waals surface area contributed by atoms with E-state index >= 15 is 0 Å². The van der Waals surface area contributed by atoms with Crippen molar-refractivity contribution in [2.45, 2.75) is 0 Å². The van der Waals surface area contributed by atoms with Crippen molar-refractivity contribution in [1.29, 1.82) is 5.41 Å². The number of allylic oxidation sites excluding steroid dienone is 2. The van der Waals surface area contributed by atoms with Crippen LogP contribution in [0, 0.1) is 5.41 Å². The van der Waals surface area contributed by atoms with Crippen molar-refractivity contribution < 1.29 is 0 Å². The topological polar surface area (TPSA) is 71.9 Å². The van der Waals surface area contributed by atoms with Crippen molar-refractivity contribution in [3.63, 3.8) is 0 Å². The number of hydrogen-bond acceptors (Lipinski definition) is 6. The Labute approximate surface area is 162 Å². The fraction of sp³-hybridized carbons (Fsp3) is 0.250.